The molecule has 2 aromatic rings. The molecule has 10 heteroatoms. The molecule has 1 amide bonds. The number of benzene rings is 1. The largest absolute Gasteiger partial charge is 0.424 e. The van der Waals surface area contributed by atoms with Gasteiger partial charge in [0.2, 0.25) is 5.91 Å². The second-order valence-electron chi connectivity index (χ2n) is 6.87. The van der Waals surface area contributed by atoms with Crippen molar-refractivity contribution in [2.75, 3.05) is 17.6 Å². The van der Waals surface area contributed by atoms with Crippen LogP contribution in [0.1, 0.15) is 39.0 Å². The standard InChI is InChI=1S/C21H29N7O3/c1-2-7-19(29)31-17-10-4-3-9-15(17)27-28-16-11-12-18(25-20(16)24)26-21(30)14(23)8-5-6-13-22/h3-4,9-12,14H,2,5-8,13,22-23H2,1H3,(H3,24,25,26,30)/b28-27+/t14-/m0/s1. The first kappa shape index (κ1) is 23.9. The minimum Gasteiger partial charge on any atom is -0.424 e. The molecule has 1 aromatic carbocycles. The smallest absolute Gasteiger partial charge is 0.311 e. The number of aromatic nitrogens is 1. The van der Waals surface area contributed by atoms with E-state index in [2.05, 4.69) is 20.5 Å². The van der Waals surface area contributed by atoms with E-state index in [9.17, 15) is 9.59 Å². The molecule has 0 aliphatic carbocycles. The van der Waals surface area contributed by atoms with Crippen LogP contribution in [0.15, 0.2) is 46.6 Å². The van der Waals surface area contributed by atoms with Gasteiger partial charge in [-0.15, -0.1) is 10.2 Å². The van der Waals surface area contributed by atoms with Crippen LogP contribution >= 0.6 is 0 Å². The number of carbonyl (C=O) groups is 2. The molecule has 7 N–H and O–H groups in total. The quantitative estimate of drug-likeness (QED) is 0.184. The molecule has 1 aromatic heterocycles. The minimum atomic E-state index is -0.652. The molecule has 0 aliphatic rings. The molecule has 166 valence electrons. The van der Waals surface area contributed by atoms with Gasteiger partial charge in [-0.3, -0.25) is 9.59 Å². The maximum Gasteiger partial charge on any atom is 0.311 e. The van der Waals surface area contributed by atoms with E-state index in [1.165, 1.54) is 0 Å². The number of hydrogen-bond acceptors (Lipinski definition) is 9. The van der Waals surface area contributed by atoms with E-state index in [4.69, 9.17) is 21.9 Å². The van der Waals surface area contributed by atoms with Gasteiger partial charge in [0.05, 0.1) is 6.04 Å². The Kier molecular flexibility index (Phi) is 9.53. The Morgan fingerprint density at radius 1 is 1.13 bits per heavy atom. The Bertz CT molecular complexity index is 918. The minimum absolute atomic E-state index is 0.0821. The Balaban J connectivity index is 2.05. The van der Waals surface area contributed by atoms with Crippen LogP contribution in [0.3, 0.4) is 0 Å². The van der Waals surface area contributed by atoms with Gasteiger partial charge in [0, 0.05) is 6.42 Å². The van der Waals surface area contributed by atoms with Crippen molar-refractivity contribution in [3.05, 3.63) is 36.4 Å². The van der Waals surface area contributed by atoms with E-state index in [-0.39, 0.29) is 23.5 Å². The van der Waals surface area contributed by atoms with E-state index in [0.29, 0.717) is 42.9 Å². The highest BCUT2D eigenvalue weighted by Crippen LogP contribution is 2.30. The molecule has 31 heavy (non-hydrogen) atoms. The van der Waals surface area contributed by atoms with Gasteiger partial charge in [0.1, 0.15) is 17.2 Å². The third-order valence-corrected chi connectivity index (χ3v) is 4.27. The number of esters is 1. The highest BCUT2D eigenvalue weighted by atomic mass is 16.5. The van der Waals surface area contributed by atoms with E-state index in [0.717, 1.165) is 12.8 Å². The molecular formula is C21H29N7O3. The zero-order valence-electron chi connectivity index (χ0n) is 17.6. The highest BCUT2D eigenvalue weighted by molar-refractivity contribution is 5.94. The SMILES string of the molecule is CCCC(=O)Oc1ccccc1/N=N/c1ccc(NC(=O)[C@@H](N)CCCCN)nc1N. The Labute approximate surface area is 181 Å². The Morgan fingerprint density at radius 3 is 2.58 bits per heavy atom. The van der Waals surface area contributed by atoms with Gasteiger partial charge in [-0.05, 0) is 50.1 Å². The number of amides is 1. The molecule has 0 aliphatic heterocycles. The van der Waals surface area contributed by atoms with Crippen molar-refractivity contribution in [1.82, 2.24) is 4.98 Å². The number of carbonyl (C=O) groups excluding carboxylic acids is 2. The molecule has 10 nitrogen and oxygen atoms in total. The van der Waals surface area contributed by atoms with Gasteiger partial charge < -0.3 is 27.3 Å². The summed E-state index contributed by atoms with van der Waals surface area (Å²) in [7, 11) is 0. The second-order valence-corrected chi connectivity index (χ2v) is 6.87. The van der Waals surface area contributed by atoms with Gasteiger partial charge in [-0.25, -0.2) is 4.98 Å². The Morgan fingerprint density at radius 2 is 1.87 bits per heavy atom. The van der Waals surface area contributed by atoms with Crippen molar-refractivity contribution in [1.29, 1.82) is 0 Å². The summed E-state index contributed by atoms with van der Waals surface area (Å²) >= 11 is 0. The summed E-state index contributed by atoms with van der Waals surface area (Å²) in [5.41, 5.74) is 18.0. The van der Waals surface area contributed by atoms with E-state index >= 15 is 0 Å². The number of nitrogens with two attached hydrogens (primary N) is 3. The Hall–Kier alpha value is -3.37. The molecule has 0 saturated heterocycles. The number of ether oxygens (including phenoxy) is 1. The van der Waals surface area contributed by atoms with E-state index in [1.54, 1.807) is 36.4 Å². The number of azo groups is 1. The fourth-order valence-electron chi connectivity index (χ4n) is 2.59. The first-order valence-corrected chi connectivity index (χ1v) is 10.2. The van der Waals surface area contributed by atoms with Gasteiger partial charge in [0.15, 0.2) is 11.6 Å². The number of hydrogen-bond donors (Lipinski definition) is 4. The normalized spacial score (nSPS) is 12.0. The highest BCUT2D eigenvalue weighted by Gasteiger charge is 2.14. The third kappa shape index (κ3) is 7.76. The third-order valence-electron chi connectivity index (χ3n) is 4.27. The topological polar surface area (TPSA) is 171 Å². The molecule has 0 radical (unpaired) electrons. The van der Waals surface area contributed by atoms with Crippen LogP contribution in [-0.4, -0.2) is 29.4 Å². The first-order chi connectivity index (χ1) is 14.9. The lowest BCUT2D eigenvalue weighted by Gasteiger charge is -2.12. The van der Waals surface area contributed by atoms with Crippen molar-refractivity contribution in [2.24, 2.45) is 21.7 Å². The van der Waals surface area contributed by atoms with Gasteiger partial charge in [-0.2, -0.15) is 0 Å². The molecule has 1 atom stereocenters. The lowest BCUT2D eigenvalue weighted by Crippen LogP contribution is -2.35. The maximum atomic E-state index is 12.2. The summed E-state index contributed by atoms with van der Waals surface area (Å²) in [5, 5.41) is 10.9. The number of unbranched alkanes of at least 4 members (excludes halogenated alkanes) is 1. The number of para-hydroxylation sites is 1. The fourth-order valence-corrected chi connectivity index (χ4v) is 2.59. The van der Waals surface area contributed by atoms with Gasteiger partial charge in [-0.1, -0.05) is 25.5 Å². The predicted molar refractivity (Wildman–Crippen MR) is 119 cm³/mol. The summed E-state index contributed by atoms with van der Waals surface area (Å²) in [4.78, 5) is 28.1. The van der Waals surface area contributed by atoms with Crippen LogP contribution in [0.5, 0.6) is 5.75 Å². The summed E-state index contributed by atoms with van der Waals surface area (Å²) in [6, 6.07) is 9.28. The second kappa shape index (κ2) is 12.4. The summed E-state index contributed by atoms with van der Waals surface area (Å²) in [5.74, 6) is -0.0270. The van der Waals surface area contributed by atoms with Crippen molar-refractivity contribution in [2.45, 2.75) is 45.1 Å². The van der Waals surface area contributed by atoms with Crippen LogP contribution in [0.2, 0.25) is 0 Å². The monoisotopic (exact) mass is 427 g/mol. The number of nitrogen functional groups attached to an aromatic ring is 1. The summed E-state index contributed by atoms with van der Waals surface area (Å²) in [6.07, 6.45) is 3.12. The van der Waals surface area contributed by atoms with E-state index in [1.807, 2.05) is 6.92 Å². The number of anilines is 2. The zero-order valence-corrected chi connectivity index (χ0v) is 17.6. The summed E-state index contributed by atoms with van der Waals surface area (Å²) in [6.45, 7) is 2.46. The molecule has 0 bridgehead atoms. The van der Waals surface area contributed by atoms with Crippen LogP contribution < -0.4 is 27.3 Å². The number of pyridine rings is 1. The molecular weight excluding hydrogens is 398 g/mol. The number of nitrogens with one attached hydrogen (secondary N) is 1. The van der Waals surface area contributed by atoms with E-state index < -0.39 is 6.04 Å². The maximum absolute atomic E-state index is 12.2. The molecule has 0 saturated carbocycles. The van der Waals surface area contributed by atoms with Gasteiger partial charge >= 0.3 is 5.97 Å². The molecule has 0 spiro atoms. The van der Waals surface area contributed by atoms with Crippen molar-refractivity contribution < 1.29 is 14.3 Å². The zero-order chi connectivity index (χ0) is 22.6. The van der Waals surface area contributed by atoms with Crippen LogP contribution in [-0.2, 0) is 9.59 Å². The molecule has 0 fully saturated rings. The van der Waals surface area contributed by atoms with Crippen LogP contribution in [0, 0.1) is 0 Å². The predicted octanol–water partition coefficient (Wildman–Crippen LogP) is 3.18. The van der Waals surface area contributed by atoms with Crippen LogP contribution in [0.4, 0.5) is 23.0 Å². The first-order valence-electron chi connectivity index (χ1n) is 10.2. The molecule has 0 unspecified atom stereocenters. The average molecular weight is 428 g/mol. The molecule has 1 heterocycles. The van der Waals surface area contributed by atoms with Crippen LogP contribution in [0.25, 0.3) is 0 Å². The fraction of sp³-hybridized carbons (Fsp3) is 0.381. The van der Waals surface area contributed by atoms with Gasteiger partial charge in [0.25, 0.3) is 0 Å². The summed E-state index contributed by atoms with van der Waals surface area (Å²) < 4.78 is 5.32. The average Bonchev–Trinajstić information content (AvgIpc) is 2.74. The number of nitrogens with zero attached hydrogens (tertiary/aromatic N) is 3. The lowest BCUT2D eigenvalue weighted by atomic mass is 10.1. The lowest BCUT2D eigenvalue weighted by molar-refractivity contribution is -0.134. The van der Waals surface area contributed by atoms with Crippen molar-refractivity contribution in [3.8, 4) is 5.75 Å². The van der Waals surface area contributed by atoms with Crippen molar-refractivity contribution >= 4 is 34.9 Å². The number of rotatable bonds is 11. The van der Waals surface area contributed by atoms with Crippen molar-refractivity contribution in [3.63, 3.8) is 0 Å². The molecule has 2 rings (SSSR count).